The first kappa shape index (κ1) is 23.2. The average molecular weight is 463 g/mol. The molecule has 3 N–H and O–H groups in total. The molecule has 0 saturated carbocycles. The summed E-state index contributed by atoms with van der Waals surface area (Å²) in [6.45, 7) is 7.62. The van der Waals surface area contributed by atoms with Gasteiger partial charge in [-0.1, -0.05) is 0 Å². The number of nitrogens with one attached hydrogen (secondary N) is 2. The summed E-state index contributed by atoms with van der Waals surface area (Å²) in [5.41, 5.74) is 0.920. The number of aromatic nitrogens is 4. The van der Waals surface area contributed by atoms with E-state index in [1.54, 1.807) is 4.90 Å². The molecule has 12 heteroatoms. The number of halogens is 1. The second kappa shape index (κ2) is 8.75. The van der Waals surface area contributed by atoms with Gasteiger partial charge in [-0.25, -0.2) is 14.2 Å². The van der Waals surface area contributed by atoms with Crippen molar-refractivity contribution in [1.82, 2.24) is 34.9 Å². The molecular weight excluding hydrogens is 431 g/mol. The second-order valence-corrected chi connectivity index (χ2v) is 9.14. The Hall–Kier alpha value is -2.99. The van der Waals surface area contributed by atoms with E-state index in [-0.39, 0.29) is 36.6 Å². The highest BCUT2D eigenvalue weighted by molar-refractivity contribution is 5.78. The number of anilines is 2. The molecule has 2 aromatic heterocycles. The molecule has 2 aliphatic rings. The van der Waals surface area contributed by atoms with Crippen LogP contribution in [0.15, 0.2) is 6.20 Å². The highest BCUT2D eigenvalue weighted by atomic mass is 19.1. The lowest BCUT2D eigenvalue weighted by Crippen LogP contribution is -2.61. The number of H-pyrrole nitrogens is 1. The third-order valence-electron chi connectivity index (χ3n) is 6.67. The number of fused-ring (bicyclic) bond motifs is 1. The maximum Gasteiger partial charge on any atom is 0.321 e. The van der Waals surface area contributed by atoms with Crippen LogP contribution in [0.25, 0.3) is 0 Å². The maximum absolute atomic E-state index is 14.2. The molecular formula is C21H31FN8O3. The fourth-order valence-electron chi connectivity index (χ4n) is 4.67. The number of aliphatic hydroxyl groups is 1. The van der Waals surface area contributed by atoms with Crippen LogP contribution in [0.2, 0.25) is 0 Å². The van der Waals surface area contributed by atoms with Crippen LogP contribution in [0.4, 0.5) is 20.8 Å². The Labute approximate surface area is 191 Å². The van der Waals surface area contributed by atoms with Crippen molar-refractivity contribution in [2.45, 2.75) is 51.4 Å². The van der Waals surface area contributed by atoms with E-state index in [2.05, 4.69) is 30.4 Å². The van der Waals surface area contributed by atoms with Gasteiger partial charge in [0.15, 0.2) is 17.5 Å². The topological polar surface area (TPSA) is 123 Å². The molecule has 0 aliphatic carbocycles. The molecule has 2 atom stereocenters. The first-order chi connectivity index (χ1) is 15.7. The predicted octanol–water partition coefficient (Wildman–Crippen LogP) is 1.65. The molecule has 1 unspecified atom stereocenters. The van der Waals surface area contributed by atoms with Gasteiger partial charge in [0.1, 0.15) is 0 Å². The number of hydrogen-bond acceptors (Lipinski definition) is 8. The quantitative estimate of drug-likeness (QED) is 0.613. The number of carbonyl (C=O) groups is 1. The normalized spacial score (nSPS) is 22.4. The van der Waals surface area contributed by atoms with E-state index in [4.69, 9.17) is 4.74 Å². The first-order valence-corrected chi connectivity index (χ1v) is 11.0. The molecule has 180 valence electrons. The molecule has 11 nitrogen and oxygen atoms in total. The molecule has 2 aromatic rings. The number of methoxy groups -OCH3 is 1. The van der Waals surface area contributed by atoms with Gasteiger partial charge in [-0.3, -0.25) is 10.00 Å². The van der Waals surface area contributed by atoms with Crippen LogP contribution in [-0.2, 0) is 12.1 Å². The highest BCUT2D eigenvalue weighted by Gasteiger charge is 2.46. The van der Waals surface area contributed by atoms with Gasteiger partial charge in [0, 0.05) is 37.3 Å². The standard InChI is InChI=1S/C21H31FN8O3/c1-12-9-28(4)13(6-7-31)10-29(12)20(32)30-11-14-16(21(30,2)3)26-27-17(14)24-18-15(22)8-23-19(25-18)33-5/h8,12-13,31H,6-7,9-11H2,1-5H3,(H2,23,24,25,26,27)/t12-,13?/m0/s1. The van der Waals surface area contributed by atoms with Crippen molar-refractivity contribution in [2.24, 2.45) is 0 Å². The van der Waals surface area contributed by atoms with Crippen LogP contribution in [0.5, 0.6) is 6.01 Å². The zero-order chi connectivity index (χ0) is 23.9. The molecule has 0 aromatic carbocycles. The Bertz CT molecular complexity index is 1030. The lowest BCUT2D eigenvalue weighted by Gasteiger charge is -2.46. The van der Waals surface area contributed by atoms with E-state index in [1.807, 2.05) is 32.7 Å². The van der Waals surface area contributed by atoms with Gasteiger partial charge in [0.05, 0.1) is 31.1 Å². The Morgan fingerprint density at radius 3 is 2.85 bits per heavy atom. The number of nitrogens with zero attached hydrogens (tertiary/aromatic N) is 6. The molecule has 0 spiro atoms. The molecule has 4 heterocycles. The van der Waals surface area contributed by atoms with Crippen molar-refractivity contribution in [3.05, 3.63) is 23.3 Å². The summed E-state index contributed by atoms with van der Waals surface area (Å²) in [7, 11) is 3.42. The van der Waals surface area contributed by atoms with Gasteiger partial charge in [-0.15, -0.1) is 0 Å². The van der Waals surface area contributed by atoms with E-state index in [0.717, 1.165) is 24.0 Å². The number of urea groups is 1. The summed E-state index contributed by atoms with van der Waals surface area (Å²) in [5.74, 6) is -0.296. The molecule has 0 radical (unpaired) electrons. The zero-order valence-corrected chi connectivity index (χ0v) is 19.6. The molecule has 1 fully saturated rings. The van der Waals surface area contributed by atoms with E-state index >= 15 is 0 Å². The lowest BCUT2D eigenvalue weighted by atomic mass is 10.0. The van der Waals surface area contributed by atoms with Crippen LogP contribution in [-0.4, -0.2) is 91.9 Å². The lowest BCUT2D eigenvalue weighted by molar-refractivity contribution is 0.0337. The second-order valence-electron chi connectivity index (χ2n) is 9.14. The molecule has 1 saturated heterocycles. The van der Waals surface area contributed by atoms with Crippen LogP contribution < -0.4 is 10.1 Å². The van der Waals surface area contributed by atoms with Crippen LogP contribution in [0.1, 0.15) is 38.4 Å². The number of piperazine rings is 1. The van der Waals surface area contributed by atoms with Crippen LogP contribution in [0.3, 0.4) is 0 Å². The van der Waals surface area contributed by atoms with Crippen molar-refractivity contribution < 1.29 is 19.0 Å². The van der Waals surface area contributed by atoms with Gasteiger partial charge in [-0.05, 0) is 34.2 Å². The van der Waals surface area contributed by atoms with Crippen molar-refractivity contribution >= 4 is 17.7 Å². The first-order valence-electron chi connectivity index (χ1n) is 11.0. The highest BCUT2D eigenvalue weighted by Crippen LogP contribution is 2.42. The number of hydrogen-bond donors (Lipinski definition) is 3. The zero-order valence-electron chi connectivity index (χ0n) is 19.6. The van der Waals surface area contributed by atoms with Gasteiger partial charge >= 0.3 is 12.0 Å². The van der Waals surface area contributed by atoms with Crippen LogP contribution >= 0.6 is 0 Å². The van der Waals surface area contributed by atoms with Gasteiger partial charge in [0.2, 0.25) is 0 Å². The van der Waals surface area contributed by atoms with Crippen molar-refractivity contribution in [1.29, 1.82) is 0 Å². The number of amides is 2. The largest absolute Gasteiger partial charge is 0.467 e. The van der Waals surface area contributed by atoms with Gasteiger partial charge < -0.3 is 25.0 Å². The Balaban J connectivity index is 1.57. The number of carbonyl (C=O) groups excluding carboxylic acids is 1. The molecule has 2 aliphatic heterocycles. The third-order valence-corrected chi connectivity index (χ3v) is 6.67. The van der Waals surface area contributed by atoms with Gasteiger partial charge in [-0.2, -0.15) is 10.1 Å². The summed E-state index contributed by atoms with van der Waals surface area (Å²) in [4.78, 5) is 27.3. The van der Waals surface area contributed by atoms with Gasteiger partial charge in [0.25, 0.3) is 0 Å². The fraction of sp³-hybridized carbons (Fsp3) is 0.619. The van der Waals surface area contributed by atoms with E-state index in [1.165, 1.54) is 7.11 Å². The number of likely N-dealkylation sites (N-methyl/N-ethyl adjacent to an activating group) is 1. The maximum atomic E-state index is 14.2. The summed E-state index contributed by atoms with van der Waals surface area (Å²) in [6.07, 6.45) is 1.64. The summed E-state index contributed by atoms with van der Waals surface area (Å²) in [5, 5.41) is 19.6. The summed E-state index contributed by atoms with van der Waals surface area (Å²) in [6, 6.07) is 0.0949. The minimum absolute atomic E-state index is 0.0321. The Morgan fingerprint density at radius 1 is 1.39 bits per heavy atom. The SMILES string of the molecule is COc1ncc(F)c(Nc2n[nH]c3c2CN(C(=O)N2CC(CCO)N(C)C[C@@H]2C)C3(C)C)n1. The van der Waals surface area contributed by atoms with E-state index in [9.17, 15) is 14.3 Å². The van der Waals surface area contributed by atoms with Crippen molar-refractivity contribution in [3.8, 4) is 6.01 Å². The molecule has 2 amide bonds. The monoisotopic (exact) mass is 462 g/mol. The number of ether oxygens (including phenoxy) is 1. The predicted molar refractivity (Wildman–Crippen MR) is 119 cm³/mol. The van der Waals surface area contributed by atoms with E-state index in [0.29, 0.717) is 25.3 Å². The molecule has 0 bridgehead atoms. The summed E-state index contributed by atoms with van der Waals surface area (Å²) >= 11 is 0. The Morgan fingerprint density at radius 2 is 2.15 bits per heavy atom. The number of rotatable bonds is 5. The van der Waals surface area contributed by atoms with Crippen LogP contribution in [0, 0.1) is 5.82 Å². The minimum atomic E-state index is -0.642. The molecule has 33 heavy (non-hydrogen) atoms. The van der Waals surface area contributed by atoms with Crippen molar-refractivity contribution in [2.75, 3.05) is 39.2 Å². The smallest absolute Gasteiger partial charge is 0.321 e. The van der Waals surface area contributed by atoms with Crippen molar-refractivity contribution in [3.63, 3.8) is 0 Å². The third kappa shape index (κ3) is 4.08. The number of aromatic amines is 1. The fourth-order valence-corrected chi connectivity index (χ4v) is 4.67. The molecule has 4 rings (SSSR count). The average Bonchev–Trinajstić information content (AvgIpc) is 3.29. The minimum Gasteiger partial charge on any atom is -0.467 e. The Kier molecular flexibility index (Phi) is 6.14. The summed E-state index contributed by atoms with van der Waals surface area (Å²) < 4.78 is 19.2. The van der Waals surface area contributed by atoms with E-state index < -0.39 is 11.4 Å². The number of aliphatic hydroxyl groups excluding tert-OH is 1.